The molecule has 0 saturated heterocycles. The van der Waals surface area contributed by atoms with Gasteiger partial charge < -0.3 is 9.64 Å². The number of carbonyl (C=O) groups is 1. The number of benzene rings is 2. The molecule has 1 heterocycles. The fourth-order valence-electron chi connectivity index (χ4n) is 2.34. The fourth-order valence-corrected chi connectivity index (χ4v) is 3.34. The van der Waals surface area contributed by atoms with Gasteiger partial charge in [-0.15, -0.1) is 0 Å². The van der Waals surface area contributed by atoms with Gasteiger partial charge in [-0.05, 0) is 36.4 Å². The summed E-state index contributed by atoms with van der Waals surface area (Å²) in [6.45, 7) is 0. The molecular formula is C18H19N3O2S. The monoisotopic (exact) mass is 341 g/mol. The molecule has 0 aliphatic heterocycles. The van der Waals surface area contributed by atoms with Crippen LogP contribution in [0.4, 0.5) is 0 Å². The Hall–Kier alpha value is -2.47. The molecule has 0 N–H and O–H groups in total. The molecule has 0 spiro atoms. The van der Waals surface area contributed by atoms with Crippen LogP contribution < -0.4 is 4.74 Å². The quantitative estimate of drug-likeness (QED) is 0.669. The fraction of sp³-hybridized carbons (Fsp3) is 0.222. The van der Waals surface area contributed by atoms with Crippen LogP contribution in [0.2, 0.25) is 0 Å². The third-order valence-corrected chi connectivity index (χ3v) is 4.61. The second-order valence-corrected chi connectivity index (χ2v) is 6.44. The molecule has 0 radical (unpaired) electrons. The number of imidazole rings is 1. The lowest BCUT2D eigenvalue weighted by molar-refractivity contribution is -0.125. The SMILES string of the molecule is COc1ccc(-n2c(SCC(=O)N(C)C)nc3ccccc32)cc1. The van der Waals surface area contributed by atoms with Crippen molar-refractivity contribution in [3.8, 4) is 11.4 Å². The molecule has 124 valence electrons. The molecule has 5 nitrogen and oxygen atoms in total. The molecule has 0 unspecified atom stereocenters. The summed E-state index contributed by atoms with van der Waals surface area (Å²) >= 11 is 1.44. The summed E-state index contributed by atoms with van der Waals surface area (Å²) in [6.07, 6.45) is 0. The predicted molar refractivity (Wildman–Crippen MR) is 97.0 cm³/mol. The molecular weight excluding hydrogens is 322 g/mol. The van der Waals surface area contributed by atoms with Gasteiger partial charge in [0.05, 0.1) is 23.9 Å². The molecule has 0 atom stereocenters. The van der Waals surface area contributed by atoms with Crippen LogP contribution in [0.15, 0.2) is 53.7 Å². The molecule has 3 aromatic rings. The number of fused-ring (bicyclic) bond motifs is 1. The molecule has 0 aliphatic rings. The number of aromatic nitrogens is 2. The van der Waals surface area contributed by atoms with Gasteiger partial charge in [0.25, 0.3) is 0 Å². The first-order chi connectivity index (χ1) is 11.6. The molecule has 0 aliphatic carbocycles. The van der Waals surface area contributed by atoms with E-state index in [2.05, 4.69) is 9.55 Å². The van der Waals surface area contributed by atoms with Crippen molar-refractivity contribution < 1.29 is 9.53 Å². The van der Waals surface area contributed by atoms with Gasteiger partial charge in [0.1, 0.15) is 5.75 Å². The maximum atomic E-state index is 11.9. The summed E-state index contributed by atoms with van der Waals surface area (Å²) in [5, 5.41) is 0.802. The highest BCUT2D eigenvalue weighted by atomic mass is 32.2. The van der Waals surface area contributed by atoms with E-state index in [0.717, 1.165) is 27.6 Å². The second-order valence-electron chi connectivity index (χ2n) is 5.49. The zero-order chi connectivity index (χ0) is 17.1. The molecule has 1 amide bonds. The van der Waals surface area contributed by atoms with Crippen LogP contribution in [0.1, 0.15) is 0 Å². The molecule has 6 heteroatoms. The standard InChI is InChI=1S/C18H19N3O2S/c1-20(2)17(22)12-24-18-19-15-6-4-5-7-16(15)21(18)13-8-10-14(23-3)11-9-13/h4-11H,12H2,1-3H3. The van der Waals surface area contributed by atoms with Crippen LogP contribution >= 0.6 is 11.8 Å². The van der Waals surface area contributed by atoms with Gasteiger partial charge in [-0.3, -0.25) is 9.36 Å². The highest BCUT2D eigenvalue weighted by Gasteiger charge is 2.15. The second kappa shape index (κ2) is 6.97. The summed E-state index contributed by atoms with van der Waals surface area (Å²) in [5.41, 5.74) is 2.92. The van der Waals surface area contributed by atoms with E-state index < -0.39 is 0 Å². The van der Waals surface area contributed by atoms with E-state index in [9.17, 15) is 4.79 Å². The number of para-hydroxylation sites is 2. The number of thioether (sulfide) groups is 1. The van der Waals surface area contributed by atoms with Crippen molar-refractivity contribution in [1.82, 2.24) is 14.5 Å². The number of hydrogen-bond donors (Lipinski definition) is 0. The lowest BCUT2D eigenvalue weighted by atomic mass is 10.2. The van der Waals surface area contributed by atoms with Gasteiger partial charge in [-0.25, -0.2) is 4.98 Å². The molecule has 2 aromatic carbocycles. The Morgan fingerprint density at radius 3 is 2.54 bits per heavy atom. The largest absolute Gasteiger partial charge is 0.497 e. The van der Waals surface area contributed by atoms with Crippen LogP contribution in [0.25, 0.3) is 16.7 Å². The Labute approximate surface area is 145 Å². The molecule has 3 rings (SSSR count). The van der Waals surface area contributed by atoms with Crippen LogP contribution in [-0.4, -0.2) is 47.3 Å². The van der Waals surface area contributed by atoms with Crippen LogP contribution in [0.5, 0.6) is 5.75 Å². The summed E-state index contributed by atoms with van der Waals surface area (Å²) < 4.78 is 7.30. The number of methoxy groups -OCH3 is 1. The maximum Gasteiger partial charge on any atom is 0.232 e. The normalized spacial score (nSPS) is 10.8. The zero-order valence-electron chi connectivity index (χ0n) is 13.9. The number of rotatable bonds is 5. The molecule has 0 saturated carbocycles. The van der Waals surface area contributed by atoms with Crippen molar-refractivity contribution in [1.29, 1.82) is 0 Å². The summed E-state index contributed by atoms with van der Waals surface area (Å²) in [4.78, 5) is 18.2. The highest BCUT2D eigenvalue weighted by Crippen LogP contribution is 2.28. The minimum absolute atomic E-state index is 0.0633. The average Bonchev–Trinajstić information content (AvgIpc) is 2.98. The first kappa shape index (κ1) is 16.4. The smallest absolute Gasteiger partial charge is 0.232 e. The Morgan fingerprint density at radius 1 is 1.17 bits per heavy atom. The predicted octanol–water partition coefficient (Wildman–Crippen LogP) is 3.21. The first-order valence-corrected chi connectivity index (χ1v) is 8.53. The lowest BCUT2D eigenvalue weighted by Gasteiger charge is -2.11. The Morgan fingerprint density at radius 2 is 1.88 bits per heavy atom. The van der Waals surface area contributed by atoms with Crippen molar-refractivity contribution in [2.75, 3.05) is 27.0 Å². The minimum Gasteiger partial charge on any atom is -0.497 e. The van der Waals surface area contributed by atoms with Crippen molar-refractivity contribution >= 4 is 28.7 Å². The van der Waals surface area contributed by atoms with E-state index in [0.29, 0.717) is 5.75 Å². The van der Waals surface area contributed by atoms with E-state index in [-0.39, 0.29) is 5.91 Å². The van der Waals surface area contributed by atoms with Crippen LogP contribution in [0, 0.1) is 0 Å². The topological polar surface area (TPSA) is 47.4 Å². The van der Waals surface area contributed by atoms with E-state index in [1.165, 1.54) is 11.8 Å². The lowest BCUT2D eigenvalue weighted by Crippen LogP contribution is -2.23. The van der Waals surface area contributed by atoms with Crippen molar-refractivity contribution in [2.45, 2.75) is 5.16 Å². The van der Waals surface area contributed by atoms with E-state index in [1.807, 2.05) is 48.5 Å². The zero-order valence-corrected chi connectivity index (χ0v) is 14.7. The van der Waals surface area contributed by atoms with Crippen molar-refractivity contribution in [3.63, 3.8) is 0 Å². The van der Waals surface area contributed by atoms with E-state index in [4.69, 9.17) is 4.74 Å². The first-order valence-electron chi connectivity index (χ1n) is 7.55. The minimum atomic E-state index is 0.0633. The highest BCUT2D eigenvalue weighted by molar-refractivity contribution is 7.99. The van der Waals surface area contributed by atoms with Gasteiger partial charge in [-0.2, -0.15) is 0 Å². The van der Waals surface area contributed by atoms with Gasteiger partial charge in [-0.1, -0.05) is 23.9 Å². The Balaban J connectivity index is 2.02. The molecule has 24 heavy (non-hydrogen) atoms. The summed E-state index contributed by atoms with van der Waals surface area (Å²) in [7, 11) is 5.17. The van der Waals surface area contributed by atoms with E-state index >= 15 is 0 Å². The van der Waals surface area contributed by atoms with Crippen LogP contribution in [-0.2, 0) is 4.79 Å². The van der Waals surface area contributed by atoms with Gasteiger partial charge in [0.15, 0.2) is 5.16 Å². The molecule has 0 fully saturated rings. The Kier molecular flexibility index (Phi) is 4.76. The number of nitrogens with zero attached hydrogens (tertiary/aromatic N) is 3. The Bertz CT molecular complexity index is 856. The van der Waals surface area contributed by atoms with E-state index in [1.54, 1.807) is 26.1 Å². The summed E-state index contributed by atoms with van der Waals surface area (Å²) in [5.74, 6) is 1.22. The van der Waals surface area contributed by atoms with Crippen LogP contribution in [0.3, 0.4) is 0 Å². The molecule has 1 aromatic heterocycles. The number of amides is 1. The molecule has 0 bridgehead atoms. The van der Waals surface area contributed by atoms with Gasteiger partial charge in [0.2, 0.25) is 5.91 Å². The maximum absolute atomic E-state index is 11.9. The van der Waals surface area contributed by atoms with Crippen molar-refractivity contribution in [2.24, 2.45) is 0 Å². The summed E-state index contributed by atoms with van der Waals surface area (Å²) in [6, 6.07) is 15.8. The van der Waals surface area contributed by atoms with Gasteiger partial charge in [0, 0.05) is 19.8 Å². The van der Waals surface area contributed by atoms with Crippen molar-refractivity contribution in [3.05, 3.63) is 48.5 Å². The third-order valence-electron chi connectivity index (χ3n) is 3.68. The number of carbonyl (C=O) groups excluding carboxylic acids is 1. The average molecular weight is 341 g/mol. The van der Waals surface area contributed by atoms with Gasteiger partial charge >= 0.3 is 0 Å². The third kappa shape index (κ3) is 3.23. The number of hydrogen-bond acceptors (Lipinski definition) is 4. The number of ether oxygens (including phenoxy) is 1.